The summed E-state index contributed by atoms with van der Waals surface area (Å²) >= 11 is 0. The first-order valence-electron chi connectivity index (χ1n) is 9.10. The number of pyridine rings is 1. The molecule has 1 aliphatic rings. The molecule has 0 aliphatic carbocycles. The van der Waals surface area contributed by atoms with E-state index in [1.165, 1.54) is 11.6 Å². The molecule has 1 saturated heterocycles. The van der Waals surface area contributed by atoms with Crippen LogP contribution in [-0.2, 0) is 11.0 Å². The molecule has 1 aromatic carbocycles. The molecule has 1 fully saturated rings. The number of carbonyl (C=O) groups is 1. The number of rotatable bonds is 4. The van der Waals surface area contributed by atoms with Crippen LogP contribution in [0, 0.1) is 13.8 Å². The van der Waals surface area contributed by atoms with E-state index in [1.54, 1.807) is 0 Å². The number of anilines is 2. The highest BCUT2D eigenvalue weighted by Crippen LogP contribution is 2.29. The lowest BCUT2D eigenvalue weighted by molar-refractivity contribution is -0.137. The van der Waals surface area contributed by atoms with Gasteiger partial charge in [0.2, 0.25) is 5.91 Å². The maximum Gasteiger partial charge on any atom is 0.417 e. The van der Waals surface area contributed by atoms with Gasteiger partial charge in [0.25, 0.3) is 0 Å². The van der Waals surface area contributed by atoms with Crippen LogP contribution >= 0.6 is 0 Å². The normalized spacial score (nSPS) is 15.5. The number of hydrogen-bond acceptors (Lipinski definition) is 4. The lowest BCUT2D eigenvalue weighted by Crippen LogP contribution is -2.48. The third-order valence-electron chi connectivity index (χ3n) is 4.93. The molecule has 1 aliphatic heterocycles. The largest absolute Gasteiger partial charge is 0.417 e. The first-order chi connectivity index (χ1) is 13.2. The zero-order chi connectivity index (χ0) is 20.3. The Balaban J connectivity index is 1.49. The second-order valence-electron chi connectivity index (χ2n) is 7.01. The van der Waals surface area contributed by atoms with Crippen LogP contribution in [0.5, 0.6) is 0 Å². The molecule has 28 heavy (non-hydrogen) atoms. The van der Waals surface area contributed by atoms with Gasteiger partial charge in [0.15, 0.2) is 0 Å². The van der Waals surface area contributed by atoms with Gasteiger partial charge in [0.1, 0.15) is 5.82 Å². The lowest BCUT2D eigenvalue weighted by atomic mass is 10.1. The lowest BCUT2D eigenvalue weighted by Gasteiger charge is -2.35. The van der Waals surface area contributed by atoms with Gasteiger partial charge in [-0.05, 0) is 49.2 Å². The molecule has 8 heteroatoms. The van der Waals surface area contributed by atoms with Crippen LogP contribution in [0.4, 0.5) is 24.7 Å². The van der Waals surface area contributed by atoms with Gasteiger partial charge >= 0.3 is 6.18 Å². The Labute approximate surface area is 162 Å². The maximum absolute atomic E-state index is 12.6. The van der Waals surface area contributed by atoms with Crippen LogP contribution in [0.25, 0.3) is 0 Å². The molecular weight excluding hydrogens is 369 g/mol. The van der Waals surface area contributed by atoms with Crippen molar-refractivity contribution in [1.82, 2.24) is 9.88 Å². The molecule has 0 saturated carbocycles. The molecule has 5 nitrogen and oxygen atoms in total. The summed E-state index contributed by atoms with van der Waals surface area (Å²) in [4.78, 5) is 20.2. The summed E-state index contributed by atoms with van der Waals surface area (Å²) < 4.78 is 37.9. The standard InChI is InChI=1S/C20H23F3N4O/c1-14-3-5-17(11-15(14)2)25-19(28)13-26-7-9-27(10-8-26)18-6-4-16(12-24-18)20(21,22)23/h3-6,11-12H,7-10,13H2,1-2H3,(H,25,28). The summed E-state index contributed by atoms with van der Waals surface area (Å²) in [5.74, 6) is 0.441. The van der Waals surface area contributed by atoms with Gasteiger partial charge in [-0.15, -0.1) is 0 Å². The molecule has 0 spiro atoms. The third-order valence-corrected chi connectivity index (χ3v) is 4.93. The Morgan fingerprint density at radius 3 is 2.36 bits per heavy atom. The number of halogens is 3. The zero-order valence-electron chi connectivity index (χ0n) is 15.9. The van der Waals surface area contributed by atoms with Crippen LogP contribution in [0.2, 0.25) is 0 Å². The van der Waals surface area contributed by atoms with E-state index in [-0.39, 0.29) is 12.5 Å². The van der Waals surface area contributed by atoms with E-state index >= 15 is 0 Å². The van der Waals surface area contributed by atoms with Gasteiger partial charge in [-0.1, -0.05) is 6.07 Å². The second kappa shape index (κ2) is 8.18. The van der Waals surface area contributed by atoms with Crippen molar-refractivity contribution in [1.29, 1.82) is 0 Å². The first kappa shape index (κ1) is 20.1. The minimum absolute atomic E-state index is 0.0793. The number of piperazine rings is 1. The van der Waals surface area contributed by atoms with Crippen molar-refractivity contribution in [3.8, 4) is 0 Å². The van der Waals surface area contributed by atoms with Crippen molar-refractivity contribution in [2.75, 3.05) is 42.9 Å². The van der Waals surface area contributed by atoms with E-state index in [1.807, 2.05) is 41.8 Å². The molecule has 1 N–H and O–H groups in total. The summed E-state index contributed by atoms with van der Waals surface area (Å²) in [5, 5.41) is 2.91. The van der Waals surface area contributed by atoms with E-state index in [9.17, 15) is 18.0 Å². The Bertz CT molecular complexity index is 828. The average Bonchev–Trinajstić information content (AvgIpc) is 2.65. The zero-order valence-corrected chi connectivity index (χ0v) is 15.9. The molecule has 1 aromatic heterocycles. The SMILES string of the molecule is Cc1ccc(NC(=O)CN2CCN(c3ccc(C(F)(F)F)cn3)CC2)cc1C. The monoisotopic (exact) mass is 392 g/mol. The van der Waals surface area contributed by atoms with Crippen LogP contribution in [-0.4, -0.2) is 48.5 Å². The fourth-order valence-electron chi connectivity index (χ4n) is 3.10. The first-order valence-corrected chi connectivity index (χ1v) is 9.10. The number of aromatic nitrogens is 1. The van der Waals surface area contributed by atoms with Crippen LogP contribution < -0.4 is 10.2 Å². The van der Waals surface area contributed by atoms with Crippen molar-refractivity contribution in [3.05, 3.63) is 53.2 Å². The summed E-state index contributed by atoms with van der Waals surface area (Å²) in [7, 11) is 0. The highest BCUT2D eigenvalue weighted by atomic mass is 19.4. The Morgan fingerprint density at radius 2 is 1.79 bits per heavy atom. The van der Waals surface area contributed by atoms with Gasteiger partial charge in [0.05, 0.1) is 12.1 Å². The average molecular weight is 392 g/mol. The van der Waals surface area contributed by atoms with Crippen molar-refractivity contribution in [2.45, 2.75) is 20.0 Å². The topological polar surface area (TPSA) is 48.5 Å². The molecule has 2 aromatic rings. The predicted octanol–water partition coefficient (Wildman–Crippen LogP) is 3.48. The Morgan fingerprint density at radius 1 is 1.07 bits per heavy atom. The molecule has 2 heterocycles. The fraction of sp³-hybridized carbons (Fsp3) is 0.400. The molecule has 0 unspecified atom stereocenters. The number of nitrogens with zero attached hydrogens (tertiary/aromatic N) is 3. The predicted molar refractivity (Wildman–Crippen MR) is 102 cm³/mol. The summed E-state index contributed by atoms with van der Waals surface area (Å²) in [6.07, 6.45) is -3.52. The summed E-state index contributed by atoms with van der Waals surface area (Å²) in [6, 6.07) is 8.24. The molecule has 3 rings (SSSR count). The minimum Gasteiger partial charge on any atom is -0.354 e. The quantitative estimate of drug-likeness (QED) is 0.866. The molecule has 1 amide bonds. The molecule has 0 radical (unpaired) electrons. The van der Waals surface area contributed by atoms with Gasteiger partial charge in [-0.3, -0.25) is 9.69 Å². The fourth-order valence-corrected chi connectivity index (χ4v) is 3.10. The number of hydrogen-bond donors (Lipinski definition) is 1. The van der Waals surface area contributed by atoms with Gasteiger partial charge in [-0.2, -0.15) is 13.2 Å². The van der Waals surface area contributed by atoms with Gasteiger partial charge < -0.3 is 10.2 Å². The van der Waals surface area contributed by atoms with E-state index in [0.29, 0.717) is 32.0 Å². The highest BCUT2D eigenvalue weighted by Gasteiger charge is 2.31. The van der Waals surface area contributed by atoms with Gasteiger partial charge in [0, 0.05) is 38.1 Å². The number of aryl methyl sites for hydroxylation is 2. The van der Waals surface area contributed by atoms with Crippen molar-refractivity contribution in [3.63, 3.8) is 0 Å². The van der Waals surface area contributed by atoms with Crippen LogP contribution in [0.1, 0.15) is 16.7 Å². The van der Waals surface area contributed by atoms with Gasteiger partial charge in [-0.25, -0.2) is 4.98 Å². The van der Waals surface area contributed by atoms with Crippen molar-refractivity contribution in [2.24, 2.45) is 0 Å². The third kappa shape index (κ3) is 5.01. The summed E-state index contributed by atoms with van der Waals surface area (Å²) in [6.45, 7) is 6.79. The highest BCUT2D eigenvalue weighted by molar-refractivity contribution is 5.92. The number of amides is 1. The minimum atomic E-state index is -4.38. The van der Waals surface area contributed by atoms with Crippen molar-refractivity contribution >= 4 is 17.4 Å². The Kier molecular flexibility index (Phi) is 5.88. The Hall–Kier alpha value is -2.61. The van der Waals surface area contributed by atoms with E-state index in [0.717, 1.165) is 23.5 Å². The second-order valence-corrected chi connectivity index (χ2v) is 7.01. The molecule has 150 valence electrons. The van der Waals surface area contributed by atoms with E-state index in [2.05, 4.69) is 10.3 Å². The van der Waals surface area contributed by atoms with E-state index in [4.69, 9.17) is 0 Å². The smallest absolute Gasteiger partial charge is 0.354 e. The molecular formula is C20H23F3N4O. The van der Waals surface area contributed by atoms with Crippen molar-refractivity contribution < 1.29 is 18.0 Å². The number of carbonyl (C=O) groups excluding carboxylic acids is 1. The number of alkyl halides is 3. The van der Waals surface area contributed by atoms with E-state index < -0.39 is 11.7 Å². The van der Waals surface area contributed by atoms with Crippen LogP contribution in [0.15, 0.2) is 36.5 Å². The number of benzene rings is 1. The maximum atomic E-state index is 12.6. The van der Waals surface area contributed by atoms with Crippen LogP contribution in [0.3, 0.4) is 0 Å². The number of nitrogens with one attached hydrogen (secondary N) is 1. The molecule has 0 bridgehead atoms. The molecule has 0 atom stereocenters. The summed E-state index contributed by atoms with van der Waals surface area (Å²) in [5.41, 5.74) is 2.32.